The van der Waals surface area contributed by atoms with E-state index in [9.17, 15) is 13.2 Å². The van der Waals surface area contributed by atoms with Crippen LogP contribution in [-0.2, 0) is 12.8 Å². The lowest BCUT2D eigenvalue weighted by Gasteiger charge is -2.11. The summed E-state index contributed by atoms with van der Waals surface area (Å²) in [6, 6.07) is 4.37. The summed E-state index contributed by atoms with van der Waals surface area (Å²) in [5.41, 5.74) is 0.560. The zero-order valence-corrected chi connectivity index (χ0v) is 9.41. The number of hydrogen-bond acceptors (Lipinski definition) is 2. The quantitative estimate of drug-likeness (QED) is 0.897. The molecule has 6 heteroatoms. The maximum absolute atomic E-state index is 13.0. The summed E-state index contributed by atoms with van der Waals surface area (Å²) in [5, 5.41) is 12.7. The first-order chi connectivity index (χ1) is 8.49. The van der Waals surface area contributed by atoms with Crippen LogP contribution < -0.4 is 0 Å². The van der Waals surface area contributed by atoms with Crippen LogP contribution in [0.2, 0.25) is 0 Å². The number of hydrogen-bond donors (Lipinski definition) is 1. The van der Waals surface area contributed by atoms with Gasteiger partial charge in [0.1, 0.15) is 5.69 Å². The number of aliphatic hydroxyl groups excluding tert-OH is 1. The predicted octanol–water partition coefficient (Wildman–Crippen LogP) is 2.72. The maximum atomic E-state index is 13.0. The Labute approximate surface area is 101 Å². The van der Waals surface area contributed by atoms with Crippen LogP contribution in [0.25, 0.3) is 5.52 Å². The summed E-state index contributed by atoms with van der Waals surface area (Å²) in [6.07, 6.45) is -2.56. The molecule has 0 aromatic carbocycles. The Morgan fingerprint density at radius 3 is 2.56 bits per heavy atom. The molecule has 0 saturated heterocycles. The summed E-state index contributed by atoms with van der Waals surface area (Å²) in [6.45, 7) is -0.363. The van der Waals surface area contributed by atoms with Crippen LogP contribution in [0.15, 0.2) is 18.2 Å². The molecule has 2 aromatic heterocycles. The van der Waals surface area contributed by atoms with Gasteiger partial charge in [-0.25, -0.2) is 4.52 Å². The first-order valence-corrected chi connectivity index (χ1v) is 5.69. The Balaban J connectivity index is 2.25. The largest absolute Gasteiger partial charge is 0.433 e. The molecular weight excluding hydrogens is 245 g/mol. The number of nitrogens with zero attached hydrogens (tertiary/aromatic N) is 2. The van der Waals surface area contributed by atoms with Crippen LogP contribution in [0.3, 0.4) is 0 Å². The van der Waals surface area contributed by atoms with Crippen molar-refractivity contribution in [1.29, 1.82) is 0 Å². The van der Waals surface area contributed by atoms with E-state index in [0.717, 1.165) is 17.4 Å². The number of aromatic nitrogens is 2. The van der Waals surface area contributed by atoms with Gasteiger partial charge in [-0.15, -0.1) is 0 Å². The number of pyridine rings is 1. The van der Waals surface area contributed by atoms with Crippen LogP contribution in [0.1, 0.15) is 35.7 Å². The zero-order chi connectivity index (χ0) is 12.9. The van der Waals surface area contributed by atoms with Gasteiger partial charge >= 0.3 is 6.18 Å². The highest BCUT2D eigenvalue weighted by atomic mass is 19.4. The SMILES string of the molecule is OCc1cc2cc(C3CC3)cc(C(F)(F)F)n2n1. The number of aliphatic hydroxyl groups is 1. The Kier molecular flexibility index (Phi) is 2.38. The molecule has 1 aliphatic rings. The number of halogens is 3. The highest BCUT2D eigenvalue weighted by Gasteiger charge is 2.36. The second-order valence-electron chi connectivity index (χ2n) is 4.58. The van der Waals surface area contributed by atoms with E-state index in [2.05, 4.69) is 5.10 Å². The topological polar surface area (TPSA) is 37.5 Å². The minimum Gasteiger partial charge on any atom is -0.390 e. The lowest BCUT2D eigenvalue weighted by Crippen LogP contribution is -2.13. The molecule has 1 fully saturated rings. The van der Waals surface area contributed by atoms with E-state index in [4.69, 9.17) is 5.11 Å². The fourth-order valence-electron chi connectivity index (χ4n) is 2.11. The number of alkyl halides is 3. The second-order valence-corrected chi connectivity index (χ2v) is 4.58. The first kappa shape index (κ1) is 11.5. The van der Waals surface area contributed by atoms with Crippen molar-refractivity contribution in [3.05, 3.63) is 35.2 Å². The van der Waals surface area contributed by atoms with Crippen molar-refractivity contribution in [3.63, 3.8) is 0 Å². The van der Waals surface area contributed by atoms with Gasteiger partial charge in [-0.3, -0.25) is 0 Å². The van der Waals surface area contributed by atoms with Gasteiger partial charge in [-0.2, -0.15) is 18.3 Å². The van der Waals surface area contributed by atoms with E-state index >= 15 is 0 Å². The van der Waals surface area contributed by atoms with Crippen molar-refractivity contribution in [2.24, 2.45) is 0 Å². The molecule has 96 valence electrons. The van der Waals surface area contributed by atoms with E-state index in [0.29, 0.717) is 11.1 Å². The molecular formula is C12H11F3N2O. The van der Waals surface area contributed by atoms with Crippen LogP contribution in [0.4, 0.5) is 13.2 Å². The average Bonchev–Trinajstić information content (AvgIpc) is 3.06. The normalized spacial score (nSPS) is 16.4. The van der Waals surface area contributed by atoms with Gasteiger partial charge in [0.05, 0.1) is 17.8 Å². The van der Waals surface area contributed by atoms with Crippen molar-refractivity contribution in [3.8, 4) is 0 Å². The van der Waals surface area contributed by atoms with Crippen LogP contribution in [-0.4, -0.2) is 14.7 Å². The molecule has 1 aliphatic carbocycles. The molecule has 2 heterocycles. The minimum atomic E-state index is -4.44. The molecule has 3 nitrogen and oxygen atoms in total. The van der Waals surface area contributed by atoms with Gasteiger partial charge in [-0.05, 0) is 42.5 Å². The summed E-state index contributed by atoms with van der Waals surface area (Å²) in [5.74, 6) is 0.239. The van der Waals surface area contributed by atoms with Gasteiger partial charge in [0.2, 0.25) is 0 Å². The standard InChI is InChI=1S/C12H11F3N2O/c13-12(14,15)11-4-8(7-1-2-7)3-10-5-9(6-18)16-17(10)11/h3-5,7,18H,1-2,6H2. The highest BCUT2D eigenvalue weighted by molar-refractivity contribution is 5.53. The van der Waals surface area contributed by atoms with E-state index in [1.165, 1.54) is 12.1 Å². The van der Waals surface area contributed by atoms with Crippen LogP contribution in [0.5, 0.6) is 0 Å². The van der Waals surface area contributed by atoms with Crippen molar-refractivity contribution in [2.75, 3.05) is 0 Å². The van der Waals surface area contributed by atoms with Crippen molar-refractivity contribution in [1.82, 2.24) is 9.61 Å². The molecule has 0 spiro atoms. The van der Waals surface area contributed by atoms with Crippen molar-refractivity contribution in [2.45, 2.75) is 31.5 Å². The third kappa shape index (κ3) is 1.86. The Hall–Kier alpha value is -1.56. The molecule has 0 amide bonds. The zero-order valence-electron chi connectivity index (χ0n) is 9.41. The monoisotopic (exact) mass is 256 g/mol. The van der Waals surface area contributed by atoms with Crippen molar-refractivity contribution >= 4 is 5.52 Å². The Bertz CT molecular complexity index is 599. The molecule has 2 aromatic rings. The van der Waals surface area contributed by atoms with Gasteiger partial charge in [-0.1, -0.05) is 0 Å². The molecule has 0 aliphatic heterocycles. The molecule has 0 radical (unpaired) electrons. The van der Waals surface area contributed by atoms with Gasteiger partial charge in [0.15, 0.2) is 0 Å². The Morgan fingerprint density at radius 1 is 1.28 bits per heavy atom. The first-order valence-electron chi connectivity index (χ1n) is 5.69. The molecule has 3 rings (SSSR count). The van der Waals surface area contributed by atoms with Crippen molar-refractivity contribution < 1.29 is 18.3 Å². The molecule has 1 saturated carbocycles. The summed E-state index contributed by atoms with van der Waals surface area (Å²) in [7, 11) is 0. The summed E-state index contributed by atoms with van der Waals surface area (Å²) < 4.78 is 39.8. The summed E-state index contributed by atoms with van der Waals surface area (Å²) in [4.78, 5) is 0. The van der Waals surface area contributed by atoms with Gasteiger partial charge in [0, 0.05) is 0 Å². The minimum absolute atomic E-state index is 0.239. The second kappa shape index (κ2) is 3.71. The fourth-order valence-corrected chi connectivity index (χ4v) is 2.11. The van der Waals surface area contributed by atoms with Gasteiger partial charge in [0.25, 0.3) is 0 Å². The third-order valence-corrected chi connectivity index (χ3v) is 3.13. The molecule has 0 bridgehead atoms. The summed E-state index contributed by atoms with van der Waals surface area (Å²) >= 11 is 0. The van der Waals surface area contributed by atoms with Crippen LogP contribution >= 0.6 is 0 Å². The van der Waals surface area contributed by atoms with Gasteiger partial charge < -0.3 is 5.11 Å². The third-order valence-electron chi connectivity index (χ3n) is 3.13. The molecule has 18 heavy (non-hydrogen) atoms. The fraction of sp³-hybridized carbons (Fsp3) is 0.417. The maximum Gasteiger partial charge on any atom is 0.433 e. The van der Waals surface area contributed by atoms with E-state index < -0.39 is 11.9 Å². The highest BCUT2D eigenvalue weighted by Crippen LogP contribution is 2.42. The predicted molar refractivity (Wildman–Crippen MR) is 58.1 cm³/mol. The smallest absolute Gasteiger partial charge is 0.390 e. The van der Waals surface area contributed by atoms with E-state index in [1.807, 2.05) is 0 Å². The van der Waals surface area contributed by atoms with Crippen LogP contribution in [0, 0.1) is 0 Å². The molecule has 0 unspecified atom stereocenters. The number of rotatable bonds is 2. The molecule has 1 N–H and O–H groups in total. The average molecular weight is 256 g/mol. The number of fused-ring (bicyclic) bond motifs is 1. The van der Waals surface area contributed by atoms with E-state index in [-0.39, 0.29) is 18.2 Å². The van der Waals surface area contributed by atoms with E-state index in [1.54, 1.807) is 6.07 Å². The lowest BCUT2D eigenvalue weighted by atomic mass is 10.1. The molecule has 0 atom stereocenters. The Morgan fingerprint density at radius 2 is 2.00 bits per heavy atom. The lowest BCUT2D eigenvalue weighted by molar-refractivity contribution is -0.142.